The molecule has 0 unspecified atom stereocenters. The van der Waals surface area contributed by atoms with E-state index in [0.717, 1.165) is 0 Å². The molecule has 8 heteroatoms. The van der Waals surface area contributed by atoms with Crippen LogP contribution >= 0.6 is 0 Å². The summed E-state index contributed by atoms with van der Waals surface area (Å²) in [5, 5.41) is 2.75. The number of amides is 1. The van der Waals surface area contributed by atoms with Gasteiger partial charge in [-0.1, -0.05) is 13.8 Å². The topological polar surface area (TPSA) is 84.9 Å². The Morgan fingerprint density at radius 1 is 0.963 bits per heavy atom. The number of nitrogens with one attached hydrogen (secondary N) is 1. The van der Waals surface area contributed by atoms with Gasteiger partial charge in [0.1, 0.15) is 0 Å². The first kappa shape index (κ1) is 20.7. The molecular formula is C19H24N2O5S. The number of carbonyl (C=O) groups is 1. The minimum atomic E-state index is -3.55. The first-order chi connectivity index (χ1) is 12.9. The van der Waals surface area contributed by atoms with E-state index in [1.807, 2.05) is 0 Å². The normalized spacial score (nSPS) is 11.3. The first-order valence-corrected chi connectivity index (χ1v) is 9.95. The molecular weight excluding hydrogens is 368 g/mol. The van der Waals surface area contributed by atoms with Crippen molar-refractivity contribution in [1.82, 2.24) is 4.31 Å². The Hall–Kier alpha value is -2.58. The van der Waals surface area contributed by atoms with E-state index in [2.05, 4.69) is 5.32 Å². The molecule has 0 aromatic heterocycles. The molecule has 2 aromatic rings. The zero-order valence-electron chi connectivity index (χ0n) is 15.9. The molecule has 2 rings (SSSR count). The second kappa shape index (κ2) is 8.88. The van der Waals surface area contributed by atoms with Crippen LogP contribution in [0.4, 0.5) is 5.69 Å². The molecule has 0 aliphatic carbocycles. The minimum Gasteiger partial charge on any atom is -0.493 e. The SMILES string of the molecule is CCN(CC)S(=O)(=O)c1ccc(C(=O)Nc2ccc(OC)c(OC)c2)cc1. The maximum Gasteiger partial charge on any atom is 0.255 e. The fourth-order valence-corrected chi connectivity index (χ4v) is 4.07. The Kier molecular flexibility index (Phi) is 6.81. The lowest BCUT2D eigenvalue weighted by Gasteiger charge is -2.18. The van der Waals surface area contributed by atoms with Gasteiger partial charge in [0.2, 0.25) is 10.0 Å². The van der Waals surface area contributed by atoms with E-state index in [0.29, 0.717) is 35.8 Å². The van der Waals surface area contributed by atoms with Crippen LogP contribution in [0.2, 0.25) is 0 Å². The van der Waals surface area contributed by atoms with Crippen molar-refractivity contribution >= 4 is 21.6 Å². The average Bonchev–Trinajstić information content (AvgIpc) is 2.68. The summed E-state index contributed by atoms with van der Waals surface area (Å²) in [4.78, 5) is 12.6. The molecule has 27 heavy (non-hydrogen) atoms. The third-order valence-electron chi connectivity index (χ3n) is 4.10. The number of anilines is 1. The van der Waals surface area contributed by atoms with Gasteiger partial charge < -0.3 is 14.8 Å². The van der Waals surface area contributed by atoms with Crippen LogP contribution in [-0.4, -0.2) is 45.9 Å². The highest BCUT2D eigenvalue weighted by molar-refractivity contribution is 7.89. The van der Waals surface area contributed by atoms with E-state index < -0.39 is 10.0 Å². The van der Waals surface area contributed by atoms with Gasteiger partial charge in [0.25, 0.3) is 5.91 Å². The van der Waals surface area contributed by atoms with Gasteiger partial charge in [-0.15, -0.1) is 0 Å². The Labute approximate surface area is 160 Å². The smallest absolute Gasteiger partial charge is 0.255 e. The van der Waals surface area contributed by atoms with E-state index >= 15 is 0 Å². The lowest BCUT2D eigenvalue weighted by Crippen LogP contribution is -2.30. The van der Waals surface area contributed by atoms with Crippen LogP contribution < -0.4 is 14.8 Å². The number of rotatable bonds is 8. The molecule has 0 saturated heterocycles. The van der Waals surface area contributed by atoms with E-state index in [1.165, 1.54) is 42.8 Å². The summed E-state index contributed by atoms with van der Waals surface area (Å²) >= 11 is 0. The molecule has 2 aromatic carbocycles. The number of hydrogen-bond acceptors (Lipinski definition) is 5. The molecule has 0 heterocycles. The number of carbonyl (C=O) groups excluding carboxylic acids is 1. The number of hydrogen-bond donors (Lipinski definition) is 1. The standard InChI is InChI=1S/C19H24N2O5S/c1-5-21(6-2)27(23,24)16-10-7-14(8-11-16)19(22)20-15-9-12-17(25-3)18(13-15)26-4/h7-13H,5-6H2,1-4H3,(H,20,22). The predicted octanol–water partition coefficient (Wildman–Crippen LogP) is 2.99. The molecule has 0 spiro atoms. The molecule has 1 amide bonds. The number of methoxy groups -OCH3 is 2. The van der Waals surface area contributed by atoms with E-state index in [1.54, 1.807) is 32.0 Å². The van der Waals surface area contributed by atoms with Crippen molar-refractivity contribution in [2.45, 2.75) is 18.7 Å². The fourth-order valence-electron chi connectivity index (χ4n) is 2.61. The summed E-state index contributed by atoms with van der Waals surface area (Å²) in [6.07, 6.45) is 0. The third-order valence-corrected chi connectivity index (χ3v) is 6.17. The second-order valence-corrected chi connectivity index (χ2v) is 7.58. The highest BCUT2D eigenvalue weighted by Crippen LogP contribution is 2.30. The number of nitrogens with zero attached hydrogens (tertiary/aromatic N) is 1. The molecule has 0 fully saturated rings. The largest absolute Gasteiger partial charge is 0.493 e. The van der Waals surface area contributed by atoms with Crippen molar-refractivity contribution in [2.24, 2.45) is 0 Å². The molecule has 7 nitrogen and oxygen atoms in total. The maximum atomic E-state index is 12.5. The zero-order chi connectivity index (χ0) is 20.0. The molecule has 0 aliphatic heterocycles. The maximum absolute atomic E-state index is 12.5. The van der Waals surface area contributed by atoms with E-state index in [9.17, 15) is 13.2 Å². The average molecular weight is 392 g/mol. The Bertz CT molecular complexity index is 891. The third kappa shape index (κ3) is 4.58. The van der Waals surface area contributed by atoms with E-state index in [4.69, 9.17) is 9.47 Å². The summed E-state index contributed by atoms with van der Waals surface area (Å²) in [5.41, 5.74) is 0.890. The molecule has 0 aliphatic rings. The van der Waals surface area contributed by atoms with Crippen LogP contribution in [-0.2, 0) is 10.0 Å². The van der Waals surface area contributed by atoms with Crippen LogP contribution in [0.5, 0.6) is 11.5 Å². The minimum absolute atomic E-state index is 0.161. The van der Waals surface area contributed by atoms with E-state index in [-0.39, 0.29) is 10.8 Å². The van der Waals surface area contributed by atoms with Crippen LogP contribution in [0.25, 0.3) is 0 Å². The predicted molar refractivity (Wildman–Crippen MR) is 104 cm³/mol. The fraction of sp³-hybridized carbons (Fsp3) is 0.316. The van der Waals surface area contributed by atoms with Crippen LogP contribution in [0.3, 0.4) is 0 Å². The molecule has 146 valence electrons. The van der Waals surface area contributed by atoms with Crippen molar-refractivity contribution in [3.05, 3.63) is 48.0 Å². The molecule has 0 atom stereocenters. The summed E-state index contributed by atoms with van der Waals surface area (Å²) in [6.45, 7) is 4.35. The van der Waals surface area contributed by atoms with Gasteiger partial charge in [-0.2, -0.15) is 4.31 Å². The highest BCUT2D eigenvalue weighted by atomic mass is 32.2. The summed E-state index contributed by atoms with van der Waals surface area (Å²) in [7, 11) is -0.504. The van der Waals surface area contributed by atoms with Crippen molar-refractivity contribution in [2.75, 3.05) is 32.6 Å². The number of sulfonamides is 1. The summed E-state index contributed by atoms with van der Waals surface area (Å²) < 4.78 is 36.7. The van der Waals surface area contributed by atoms with Gasteiger partial charge in [-0.05, 0) is 36.4 Å². The van der Waals surface area contributed by atoms with Crippen molar-refractivity contribution in [1.29, 1.82) is 0 Å². The molecule has 1 N–H and O–H groups in total. The quantitative estimate of drug-likeness (QED) is 0.746. The Balaban J connectivity index is 2.19. The molecule has 0 bridgehead atoms. The van der Waals surface area contributed by atoms with Crippen LogP contribution in [0.1, 0.15) is 24.2 Å². The van der Waals surface area contributed by atoms with Crippen molar-refractivity contribution in [3.8, 4) is 11.5 Å². The second-order valence-electron chi connectivity index (χ2n) is 5.64. The van der Waals surface area contributed by atoms with Crippen molar-refractivity contribution < 1.29 is 22.7 Å². The van der Waals surface area contributed by atoms with Crippen molar-refractivity contribution in [3.63, 3.8) is 0 Å². The Morgan fingerprint density at radius 2 is 1.56 bits per heavy atom. The zero-order valence-corrected chi connectivity index (χ0v) is 16.7. The lowest BCUT2D eigenvalue weighted by atomic mass is 10.2. The van der Waals surface area contributed by atoms with Crippen LogP contribution in [0, 0.1) is 0 Å². The lowest BCUT2D eigenvalue weighted by molar-refractivity contribution is 0.102. The monoisotopic (exact) mass is 392 g/mol. The molecule has 0 radical (unpaired) electrons. The van der Waals surface area contributed by atoms with Gasteiger partial charge in [0, 0.05) is 30.4 Å². The van der Waals surface area contributed by atoms with Gasteiger partial charge in [-0.3, -0.25) is 4.79 Å². The summed E-state index contributed by atoms with van der Waals surface area (Å²) in [5.74, 6) is 0.700. The van der Waals surface area contributed by atoms with Gasteiger partial charge >= 0.3 is 0 Å². The van der Waals surface area contributed by atoms with Gasteiger partial charge in [0.05, 0.1) is 19.1 Å². The first-order valence-electron chi connectivity index (χ1n) is 8.50. The van der Waals surface area contributed by atoms with Crippen LogP contribution in [0.15, 0.2) is 47.4 Å². The van der Waals surface area contributed by atoms with Gasteiger partial charge in [-0.25, -0.2) is 8.42 Å². The molecule has 0 saturated carbocycles. The number of benzene rings is 2. The summed E-state index contributed by atoms with van der Waals surface area (Å²) in [6, 6.07) is 10.9. The Morgan fingerprint density at radius 3 is 2.07 bits per heavy atom. The van der Waals surface area contributed by atoms with Gasteiger partial charge in [0.15, 0.2) is 11.5 Å². The number of ether oxygens (including phenoxy) is 2. The highest BCUT2D eigenvalue weighted by Gasteiger charge is 2.21.